The van der Waals surface area contributed by atoms with E-state index in [2.05, 4.69) is 42.3 Å². The second-order valence-electron chi connectivity index (χ2n) is 3.44. The highest BCUT2D eigenvalue weighted by Crippen LogP contribution is 1.99. The molecule has 0 aliphatic rings. The van der Waals surface area contributed by atoms with Crippen molar-refractivity contribution in [3.8, 4) is 0 Å². The molecule has 0 aliphatic heterocycles. The van der Waals surface area contributed by atoms with Crippen molar-refractivity contribution in [2.45, 2.75) is 53.1 Å². The molecule has 0 N–H and O–H groups in total. The third kappa shape index (κ3) is 2.33. The highest BCUT2D eigenvalue weighted by atomic mass is 15.1. The molecule has 1 rings (SSSR count). The van der Waals surface area contributed by atoms with E-state index < -0.39 is 0 Å². The summed E-state index contributed by atoms with van der Waals surface area (Å²) >= 11 is 0. The standard InChI is InChI=1S/C11H21N2/c1-4-7-11-12(6-3)9-10-13(11)8-5-2/h9-10H,4-8H2,1-3H3/q+1. The first-order chi connectivity index (χ1) is 6.33. The van der Waals surface area contributed by atoms with E-state index in [4.69, 9.17) is 0 Å². The summed E-state index contributed by atoms with van der Waals surface area (Å²) in [6, 6.07) is 0. The molecule has 74 valence electrons. The van der Waals surface area contributed by atoms with Gasteiger partial charge in [0.25, 0.3) is 5.82 Å². The van der Waals surface area contributed by atoms with Crippen LogP contribution in [0.5, 0.6) is 0 Å². The minimum atomic E-state index is 1.09. The summed E-state index contributed by atoms with van der Waals surface area (Å²) in [4.78, 5) is 0. The van der Waals surface area contributed by atoms with Gasteiger partial charge in [-0.2, -0.15) is 0 Å². The van der Waals surface area contributed by atoms with Gasteiger partial charge < -0.3 is 0 Å². The fraction of sp³-hybridized carbons (Fsp3) is 0.727. The number of rotatable bonds is 5. The largest absolute Gasteiger partial charge is 0.256 e. The lowest BCUT2D eigenvalue weighted by Gasteiger charge is -2.00. The zero-order valence-electron chi connectivity index (χ0n) is 9.08. The fourth-order valence-corrected chi connectivity index (χ4v) is 1.74. The quantitative estimate of drug-likeness (QED) is 0.616. The van der Waals surface area contributed by atoms with Crippen LogP contribution in [0.1, 0.15) is 39.4 Å². The highest BCUT2D eigenvalue weighted by Gasteiger charge is 2.13. The molecule has 0 amide bonds. The summed E-state index contributed by atoms with van der Waals surface area (Å²) in [6.07, 6.45) is 8.04. The number of nitrogens with zero attached hydrogens (tertiary/aromatic N) is 2. The number of hydrogen-bond acceptors (Lipinski definition) is 0. The van der Waals surface area contributed by atoms with E-state index in [1.807, 2.05) is 0 Å². The van der Waals surface area contributed by atoms with Crippen molar-refractivity contribution in [3.05, 3.63) is 18.2 Å². The van der Waals surface area contributed by atoms with E-state index in [9.17, 15) is 0 Å². The van der Waals surface area contributed by atoms with Crippen molar-refractivity contribution < 1.29 is 4.57 Å². The molecule has 0 fully saturated rings. The Morgan fingerprint density at radius 1 is 1.23 bits per heavy atom. The molecule has 0 aliphatic carbocycles. The molecule has 2 heteroatoms. The molecule has 2 nitrogen and oxygen atoms in total. The number of aromatic nitrogens is 2. The van der Waals surface area contributed by atoms with Crippen LogP contribution in [-0.2, 0) is 19.5 Å². The number of hydrogen-bond donors (Lipinski definition) is 0. The van der Waals surface area contributed by atoms with Crippen LogP contribution in [0.4, 0.5) is 0 Å². The van der Waals surface area contributed by atoms with Crippen LogP contribution in [0.3, 0.4) is 0 Å². The third-order valence-electron chi connectivity index (χ3n) is 2.37. The predicted octanol–water partition coefficient (Wildman–Crippen LogP) is 2.16. The van der Waals surface area contributed by atoms with Gasteiger partial charge in [0.05, 0.1) is 13.1 Å². The van der Waals surface area contributed by atoms with Gasteiger partial charge in [0.15, 0.2) is 0 Å². The van der Waals surface area contributed by atoms with Crippen molar-refractivity contribution in [2.75, 3.05) is 0 Å². The normalized spacial score (nSPS) is 10.7. The van der Waals surface area contributed by atoms with Gasteiger partial charge in [0.2, 0.25) is 0 Å². The Hall–Kier alpha value is -0.790. The Kier molecular flexibility index (Phi) is 4.00. The lowest BCUT2D eigenvalue weighted by Crippen LogP contribution is -2.36. The maximum absolute atomic E-state index is 2.38. The monoisotopic (exact) mass is 181 g/mol. The first kappa shape index (κ1) is 10.3. The number of imidazole rings is 1. The van der Waals surface area contributed by atoms with Crippen LogP contribution in [0.15, 0.2) is 12.4 Å². The second-order valence-corrected chi connectivity index (χ2v) is 3.44. The van der Waals surface area contributed by atoms with E-state index >= 15 is 0 Å². The predicted molar refractivity (Wildman–Crippen MR) is 54.6 cm³/mol. The maximum Gasteiger partial charge on any atom is 0.256 e. The molecule has 0 unspecified atom stereocenters. The molecule has 0 spiro atoms. The van der Waals surface area contributed by atoms with Gasteiger partial charge in [0.1, 0.15) is 12.4 Å². The van der Waals surface area contributed by atoms with Crippen LogP contribution >= 0.6 is 0 Å². The van der Waals surface area contributed by atoms with Gasteiger partial charge in [-0.3, -0.25) is 0 Å². The number of aryl methyl sites for hydroxylation is 2. The summed E-state index contributed by atoms with van der Waals surface area (Å²) in [5, 5.41) is 0. The van der Waals surface area contributed by atoms with Gasteiger partial charge in [-0.1, -0.05) is 13.8 Å². The Labute approximate surface area is 81.2 Å². The summed E-state index contributed by atoms with van der Waals surface area (Å²) < 4.78 is 4.73. The van der Waals surface area contributed by atoms with Gasteiger partial charge in [0, 0.05) is 6.42 Å². The minimum absolute atomic E-state index is 1.09. The lowest BCUT2D eigenvalue weighted by atomic mass is 10.3. The Morgan fingerprint density at radius 2 is 2.00 bits per heavy atom. The van der Waals surface area contributed by atoms with Crippen molar-refractivity contribution in [1.82, 2.24) is 4.57 Å². The van der Waals surface area contributed by atoms with E-state index in [0.717, 1.165) is 13.1 Å². The fourth-order valence-electron chi connectivity index (χ4n) is 1.74. The van der Waals surface area contributed by atoms with Crippen LogP contribution in [-0.4, -0.2) is 4.57 Å². The molecular formula is C11H21N2+. The van der Waals surface area contributed by atoms with Gasteiger partial charge >= 0.3 is 0 Å². The van der Waals surface area contributed by atoms with Gasteiger partial charge in [-0.05, 0) is 19.8 Å². The van der Waals surface area contributed by atoms with Crippen molar-refractivity contribution in [1.29, 1.82) is 0 Å². The molecule has 0 aromatic carbocycles. The van der Waals surface area contributed by atoms with E-state index in [-0.39, 0.29) is 0 Å². The Bertz CT molecular complexity index is 251. The molecule has 13 heavy (non-hydrogen) atoms. The minimum Gasteiger partial charge on any atom is -0.235 e. The summed E-state index contributed by atoms with van der Waals surface area (Å²) in [7, 11) is 0. The Morgan fingerprint density at radius 3 is 2.54 bits per heavy atom. The second kappa shape index (κ2) is 5.05. The molecule has 1 aromatic rings. The summed E-state index contributed by atoms with van der Waals surface area (Å²) in [5.41, 5.74) is 0. The SMILES string of the molecule is CCCc1n(CC)cc[n+]1CCC. The molecule has 1 heterocycles. The zero-order chi connectivity index (χ0) is 9.68. The lowest BCUT2D eigenvalue weighted by molar-refractivity contribution is -0.703. The topological polar surface area (TPSA) is 8.81 Å². The molecule has 0 saturated heterocycles. The molecule has 1 aromatic heterocycles. The van der Waals surface area contributed by atoms with Gasteiger partial charge in [-0.15, -0.1) is 0 Å². The Balaban J connectivity index is 2.85. The molecule has 0 saturated carbocycles. The van der Waals surface area contributed by atoms with Crippen LogP contribution in [0.2, 0.25) is 0 Å². The molecule has 0 radical (unpaired) electrons. The molecular weight excluding hydrogens is 160 g/mol. The zero-order valence-corrected chi connectivity index (χ0v) is 9.08. The van der Waals surface area contributed by atoms with Crippen molar-refractivity contribution in [3.63, 3.8) is 0 Å². The van der Waals surface area contributed by atoms with Gasteiger partial charge in [-0.25, -0.2) is 9.13 Å². The van der Waals surface area contributed by atoms with Crippen LogP contribution in [0, 0.1) is 0 Å². The maximum atomic E-state index is 2.38. The third-order valence-corrected chi connectivity index (χ3v) is 2.37. The summed E-state index contributed by atoms with van der Waals surface area (Å²) in [5.74, 6) is 1.48. The smallest absolute Gasteiger partial charge is 0.235 e. The highest BCUT2D eigenvalue weighted by molar-refractivity contribution is 4.83. The van der Waals surface area contributed by atoms with Crippen LogP contribution in [0.25, 0.3) is 0 Å². The van der Waals surface area contributed by atoms with E-state index in [0.29, 0.717) is 0 Å². The van der Waals surface area contributed by atoms with Crippen molar-refractivity contribution in [2.24, 2.45) is 0 Å². The first-order valence-corrected chi connectivity index (χ1v) is 5.40. The first-order valence-electron chi connectivity index (χ1n) is 5.40. The average molecular weight is 181 g/mol. The average Bonchev–Trinajstić information content (AvgIpc) is 2.50. The van der Waals surface area contributed by atoms with Crippen molar-refractivity contribution >= 4 is 0 Å². The molecule has 0 atom stereocenters. The van der Waals surface area contributed by atoms with E-state index in [1.54, 1.807) is 0 Å². The van der Waals surface area contributed by atoms with E-state index in [1.165, 1.54) is 25.1 Å². The molecule has 0 bridgehead atoms. The summed E-state index contributed by atoms with van der Waals surface area (Å²) in [6.45, 7) is 8.92. The van der Waals surface area contributed by atoms with Crippen LogP contribution < -0.4 is 4.57 Å².